The summed E-state index contributed by atoms with van der Waals surface area (Å²) in [7, 11) is 3.83. The Hall–Kier alpha value is -1.75. The van der Waals surface area contributed by atoms with E-state index in [0.717, 1.165) is 25.1 Å². The second kappa shape index (κ2) is 6.13. The van der Waals surface area contributed by atoms with Crippen LogP contribution in [0.4, 0.5) is 11.4 Å². The van der Waals surface area contributed by atoms with Gasteiger partial charge in [0.2, 0.25) is 0 Å². The van der Waals surface area contributed by atoms with Crippen molar-refractivity contribution in [2.45, 2.75) is 31.9 Å². The summed E-state index contributed by atoms with van der Waals surface area (Å²) >= 11 is 0. The highest BCUT2D eigenvalue weighted by molar-refractivity contribution is 6.00. The van der Waals surface area contributed by atoms with Crippen molar-refractivity contribution >= 4 is 17.3 Å². The molecule has 0 aliphatic heterocycles. The van der Waals surface area contributed by atoms with E-state index < -0.39 is 0 Å². The number of carbonyl (C=O) groups is 1. The molecule has 1 aliphatic carbocycles. The molecule has 0 aromatic heterocycles. The number of benzene rings is 1. The zero-order chi connectivity index (χ0) is 14.7. The van der Waals surface area contributed by atoms with Gasteiger partial charge in [-0.05, 0) is 38.0 Å². The molecule has 0 saturated heterocycles. The van der Waals surface area contributed by atoms with E-state index in [1.54, 1.807) is 12.1 Å². The number of ether oxygens (including phenoxy) is 1. The maximum absolute atomic E-state index is 12.4. The van der Waals surface area contributed by atoms with E-state index in [9.17, 15) is 4.79 Å². The molecule has 0 heterocycles. The summed E-state index contributed by atoms with van der Waals surface area (Å²) in [6.45, 7) is 2.72. The van der Waals surface area contributed by atoms with Crippen LogP contribution in [0.3, 0.4) is 0 Å². The van der Waals surface area contributed by atoms with E-state index in [2.05, 4.69) is 5.32 Å². The van der Waals surface area contributed by atoms with Crippen LogP contribution in [0.25, 0.3) is 0 Å². The lowest BCUT2D eigenvalue weighted by Crippen LogP contribution is -2.48. The van der Waals surface area contributed by atoms with Crippen molar-refractivity contribution in [2.24, 2.45) is 0 Å². The minimum absolute atomic E-state index is 0.0686. The normalized spacial score (nSPS) is 21.1. The molecule has 1 fully saturated rings. The number of nitrogens with two attached hydrogens (primary N) is 1. The fourth-order valence-corrected chi connectivity index (χ4v) is 2.44. The molecule has 20 heavy (non-hydrogen) atoms. The Balaban J connectivity index is 2.01. The molecule has 1 amide bonds. The summed E-state index contributed by atoms with van der Waals surface area (Å²) in [4.78, 5) is 14.3. The molecule has 1 saturated carbocycles. The largest absolute Gasteiger partial charge is 0.399 e. The average molecular weight is 277 g/mol. The molecule has 1 aromatic carbocycles. The lowest BCUT2D eigenvalue weighted by atomic mass is 9.89. The number of nitrogens with zero attached hydrogens (tertiary/aromatic N) is 1. The average Bonchev–Trinajstić information content (AvgIpc) is 2.35. The van der Waals surface area contributed by atoms with Gasteiger partial charge >= 0.3 is 0 Å². The zero-order valence-electron chi connectivity index (χ0n) is 12.3. The number of nitrogens with one attached hydrogen (secondary N) is 1. The number of anilines is 2. The lowest BCUT2D eigenvalue weighted by molar-refractivity contribution is -0.00862. The zero-order valence-corrected chi connectivity index (χ0v) is 12.3. The molecule has 5 heteroatoms. The highest BCUT2D eigenvalue weighted by atomic mass is 16.5. The number of rotatable bonds is 5. The molecule has 2 rings (SSSR count). The van der Waals surface area contributed by atoms with E-state index in [-0.39, 0.29) is 11.9 Å². The van der Waals surface area contributed by atoms with E-state index in [1.165, 1.54) is 0 Å². The summed E-state index contributed by atoms with van der Waals surface area (Å²) in [5.41, 5.74) is 7.88. The highest BCUT2D eigenvalue weighted by Crippen LogP contribution is 2.26. The minimum Gasteiger partial charge on any atom is -0.399 e. The van der Waals surface area contributed by atoms with Gasteiger partial charge in [0.05, 0.1) is 11.7 Å². The molecule has 3 N–H and O–H groups in total. The van der Waals surface area contributed by atoms with Gasteiger partial charge in [0.15, 0.2) is 0 Å². The van der Waals surface area contributed by atoms with Gasteiger partial charge in [-0.1, -0.05) is 0 Å². The third-order valence-corrected chi connectivity index (χ3v) is 3.58. The molecular formula is C15H23N3O2. The van der Waals surface area contributed by atoms with Gasteiger partial charge in [0.1, 0.15) is 0 Å². The fraction of sp³-hybridized carbons (Fsp3) is 0.533. The number of carbonyl (C=O) groups excluding carboxylic acids is 1. The molecule has 110 valence electrons. The Morgan fingerprint density at radius 2 is 2.15 bits per heavy atom. The van der Waals surface area contributed by atoms with Crippen LogP contribution < -0.4 is 16.0 Å². The standard InChI is InChI=1S/C15H23N3O2/c1-4-20-12-8-11(9-12)17-15(19)13-7-10(16)5-6-14(13)18(2)3/h5-7,11-12H,4,8-9,16H2,1-3H3,(H,17,19). The SMILES string of the molecule is CCOC1CC(NC(=O)c2cc(N)ccc2N(C)C)C1. The first-order valence-corrected chi connectivity index (χ1v) is 7.00. The Bertz CT molecular complexity index is 482. The van der Waals surface area contributed by atoms with E-state index in [4.69, 9.17) is 10.5 Å². The molecule has 1 aliphatic rings. The van der Waals surface area contributed by atoms with Crippen LogP contribution in [-0.4, -0.2) is 38.8 Å². The van der Waals surface area contributed by atoms with Crippen LogP contribution in [-0.2, 0) is 4.74 Å². The predicted molar refractivity (Wildman–Crippen MR) is 81.1 cm³/mol. The molecule has 0 bridgehead atoms. The van der Waals surface area contributed by atoms with Gasteiger partial charge in [-0.3, -0.25) is 4.79 Å². The topological polar surface area (TPSA) is 67.6 Å². The molecule has 0 unspecified atom stereocenters. The third kappa shape index (κ3) is 3.22. The van der Waals surface area contributed by atoms with Crippen LogP contribution in [0.2, 0.25) is 0 Å². The monoisotopic (exact) mass is 277 g/mol. The van der Waals surface area contributed by atoms with Crippen LogP contribution in [0.15, 0.2) is 18.2 Å². The molecule has 5 nitrogen and oxygen atoms in total. The van der Waals surface area contributed by atoms with Gasteiger partial charge < -0.3 is 20.7 Å². The summed E-state index contributed by atoms with van der Waals surface area (Å²) in [5, 5.41) is 3.04. The highest BCUT2D eigenvalue weighted by Gasteiger charge is 2.31. The molecule has 0 atom stereocenters. The van der Waals surface area contributed by atoms with Crippen molar-refractivity contribution in [2.75, 3.05) is 31.3 Å². The summed E-state index contributed by atoms with van der Waals surface area (Å²) in [5.74, 6) is -0.0686. The minimum atomic E-state index is -0.0686. The maximum atomic E-state index is 12.4. The van der Waals surface area contributed by atoms with Crippen molar-refractivity contribution in [3.8, 4) is 0 Å². The Morgan fingerprint density at radius 1 is 1.45 bits per heavy atom. The molecular weight excluding hydrogens is 254 g/mol. The first kappa shape index (κ1) is 14.7. The summed E-state index contributed by atoms with van der Waals surface area (Å²) < 4.78 is 5.50. The lowest BCUT2D eigenvalue weighted by Gasteiger charge is -2.35. The van der Waals surface area contributed by atoms with Gasteiger partial charge in [-0.25, -0.2) is 0 Å². The van der Waals surface area contributed by atoms with Gasteiger partial charge in [-0.15, -0.1) is 0 Å². The van der Waals surface area contributed by atoms with Gasteiger partial charge in [-0.2, -0.15) is 0 Å². The Labute approximate surface area is 120 Å². The maximum Gasteiger partial charge on any atom is 0.253 e. The fourth-order valence-electron chi connectivity index (χ4n) is 2.44. The van der Waals surface area contributed by atoms with Crippen molar-refractivity contribution in [1.29, 1.82) is 0 Å². The molecule has 0 spiro atoms. The van der Waals surface area contributed by atoms with Crippen LogP contribution in [0, 0.1) is 0 Å². The second-order valence-electron chi connectivity index (χ2n) is 5.39. The Kier molecular flexibility index (Phi) is 4.49. The van der Waals surface area contributed by atoms with Crippen LogP contribution >= 0.6 is 0 Å². The number of hydrogen-bond acceptors (Lipinski definition) is 4. The van der Waals surface area contributed by atoms with Crippen molar-refractivity contribution in [3.05, 3.63) is 23.8 Å². The first-order chi connectivity index (χ1) is 9.51. The van der Waals surface area contributed by atoms with Gasteiger partial charge in [0, 0.05) is 38.1 Å². The second-order valence-corrected chi connectivity index (χ2v) is 5.39. The molecule has 1 aromatic rings. The van der Waals surface area contributed by atoms with Crippen LogP contribution in [0.1, 0.15) is 30.1 Å². The van der Waals surface area contributed by atoms with E-state index in [1.807, 2.05) is 32.0 Å². The number of nitrogen functional groups attached to an aromatic ring is 1. The third-order valence-electron chi connectivity index (χ3n) is 3.58. The molecule has 0 radical (unpaired) electrons. The van der Waals surface area contributed by atoms with Crippen LogP contribution in [0.5, 0.6) is 0 Å². The number of amides is 1. The van der Waals surface area contributed by atoms with Gasteiger partial charge in [0.25, 0.3) is 5.91 Å². The summed E-state index contributed by atoms with van der Waals surface area (Å²) in [6.07, 6.45) is 2.07. The predicted octanol–water partition coefficient (Wildman–Crippen LogP) is 1.63. The smallest absolute Gasteiger partial charge is 0.253 e. The first-order valence-electron chi connectivity index (χ1n) is 7.00. The van der Waals surface area contributed by atoms with E-state index in [0.29, 0.717) is 17.4 Å². The number of hydrogen-bond donors (Lipinski definition) is 2. The van der Waals surface area contributed by atoms with Crippen molar-refractivity contribution in [1.82, 2.24) is 5.32 Å². The quantitative estimate of drug-likeness (QED) is 0.803. The van der Waals surface area contributed by atoms with Crippen molar-refractivity contribution in [3.63, 3.8) is 0 Å². The Morgan fingerprint density at radius 3 is 2.75 bits per heavy atom. The van der Waals surface area contributed by atoms with Crippen molar-refractivity contribution < 1.29 is 9.53 Å². The van der Waals surface area contributed by atoms with E-state index >= 15 is 0 Å². The summed E-state index contributed by atoms with van der Waals surface area (Å²) in [6, 6.07) is 5.60.